The van der Waals surface area contributed by atoms with Gasteiger partial charge in [-0.2, -0.15) is 0 Å². The summed E-state index contributed by atoms with van der Waals surface area (Å²) in [5, 5.41) is 3.05. The molecule has 1 fully saturated rings. The van der Waals surface area contributed by atoms with Gasteiger partial charge in [0.05, 0.1) is 11.3 Å². The van der Waals surface area contributed by atoms with Crippen LogP contribution in [0.1, 0.15) is 36.8 Å². The number of hydrogen-bond acceptors (Lipinski definition) is 3. The number of nitrogens with one attached hydrogen (secondary N) is 1. The minimum absolute atomic E-state index is 0.232. The van der Waals surface area contributed by atoms with Crippen molar-refractivity contribution in [3.63, 3.8) is 0 Å². The van der Waals surface area contributed by atoms with Crippen LogP contribution in [0.3, 0.4) is 0 Å². The number of aliphatic imine (C=N–C) groups is 1. The van der Waals surface area contributed by atoms with Gasteiger partial charge in [-0.25, -0.2) is 8.42 Å². The molecule has 122 valence electrons. The molecule has 22 heavy (non-hydrogen) atoms. The first kappa shape index (κ1) is 16.8. The third kappa shape index (κ3) is 3.80. The van der Waals surface area contributed by atoms with Crippen molar-refractivity contribution >= 4 is 21.5 Å². The lowest BCUT2D eigenvalue weighted by atomic mass is 10.1. The molecule has 1 aliphatic rings. The second-order valence-electron chi connectivity index (χ2n) is 6.37. The molecular formula is C16H25N3O2S. The molecule has 0 spiro atoms. The summed E-state index contributed by atoms with van der Waals surface area (Å²) in [4.78, 5) is 4.30. The van der Waals surface area contributed by atoms with Crippen LogP contribution in [0.2, 0.25) is 0 Å². The van der Waals surface area contributed by atoms with E-state index >= 15 is 0 Å². The molecule has 1 aliphatic carbocycles. The molecule has 3 N–H and O–H groups in total. The summed E-state index contributed by atoms with van der Waals surface area (Å²) in [6.07, 6.45) is 4.53. The zero-order valence-corrected chi connectivity index (χ0v) is 14.3. The Kier molecular flexibility index (Phi) is 4.80. The van der Waals surface area contributed by atoms with Gasteiger partial charge in [0, 0.05) is 11.9 Å². The number of hydrogen-bond donors (Lipinski definition) is 2. The number of aryl methyl sites for hydroxylation is 2. The quantitative estimate of drug-likeness (QED) is 0.658. The van der Waals surface area contributed by atoms with Crippen molar-refractivity contribution in [1.82, 2.24) is 0 Å². The second-order valence-corrected chi connectivity index (χ2v) is 8.78. The van der Waals surface area contributed by atoms with Gasteiger partial charge in [-0.15, -0.1) is 0 Å². The van der Waals surface area contributed by atoms with Crippen LogP contribution in [0.25, 0.3) is 0 Å². The van der Waals surface area contributed by atoms with E-state index in [9.17, 15) is 8.42 Å². The van der Waals surface area contributed by atoms with Crippen molar-refractivity contribution in [3.8, 4) is 0 Å². The Hall–Kier alpha value is -1.56. The molecule has 0 atom stereocenters. The minimum Gasteiger partial charge on any atom is -0.370 e. The molecule has 0 radical (unpaired) electrons. The van der Waals surface area contributed by atoms with Crippen LogP contribution in [0.4, 0.5) is 5.69 Å². The number of nitrogens with zero attached hydrogens (tertiary/aromatic N) is 1. The van der Waals surface area contributed by atoms with Crippen LogP contribution in [-0.4, -0.2) is 31.9 Å². The standard InChI is InChI=1S/C16H25N3O2S/c1-12-8-13(2)10-14(9-12)19-15(17)18-11-16(22(3,20)21)6-4-5-7-16/h8-10H,4-7,11H2,1-3H3,(H3,17,18,19). The highest BCUT2D eigenvalue weighted by atomic mass is 32.2. The van der Waals surface area contributed by atoms with E-state index < -0.39 is 14.6 Å². The average Bonchev–Trinajstić information content (AvgIpc) is 2.84. The molecule has 2 rings (SSSR count). The summed E-state index contributed by atoms with van der Waals surface area (Å²) in [5.41, 5.74) is 9.08. The lowest BCUT2D eigenvalue weighted by molar-refractivity contribution is 0.521. The fourth-order valence-electron chi connectivity index (χ4n) is 3.13. The number of benzene rings is 1. The molecule has 0 bridgehead atoms. The molecule has 1 aromatic rings. The predicted molar refractivity (Wildman–Crippen MR) is 92.1 cm³/mol. The summed E-state index contributed by atoms with van der Waals surface area (Å²) in [5.74, 6) is 0.264. The molecule has 0 amide bonds. The van der Waals surface area contributed by atoms with E-state index in [2.05, 4.69) is 16.4 Å². The molecule has 0 aliphatic heterocycles. The number of anilines is 1. The van der Waals surface area contributed by atoms with Crippen molar-refractivity contribution in [3.05, 3.63) is 29.3 Å². The fraction of sp³-hybridized carbons (Fsp3) is 0.562. The van der Waals surface area contributed by atoms with Gasteiger partial charge in [0.25, 0.3) is 0 Å². The zero-order chi connectivity index (χ0) is 16.4. The fourth-order valence-corrected chi connectivity index (χ4v) is 4.46. The molecule has 0 saturated heterocycles. The van der Waals surface area contributed by atoms with Crippen LogP contribution in [0.5, 0.6) is 0 Å². The van der Waals surface area contributed by atoms with Crippen LogP contribution in [0, 0.1) is 13.8 Å². The van der Waals surface area contributed by atoms with E-state index in [0.717, 1.165) is 29.7 Å². The van der Waals surface area contributed by atoms with Crippen LogP contribution in [-0.2, 0) is 9.84 Å². The molecule has 6 heteroatoms. The monoisotopic (exact) mass is 323 g/mol. The Bertz CT molecular complexity index is 654. The van der Waals surface area contributed by atoms with Crippen molar-refractivity contribution in [1.29, 1.82) is 0 Å². The summed E-state index contributed by atoms with van der Waals surface area (Å²) in [6.45, 7) is 4.26. The van der Waals surface area contributed by atoms with Gasteiger partial charge in [0.2, 0.25) is 0 Å². The van der Waals surface area contributed by atoms with Crippen LogP contribution >= 0.6 is 0 Å². The minimum atomic E-state index is -3.14. The van der Waals surface area contributed by atoms with Gasteiger partial charge in [-0.3, -0.25) is 4.99 Å². The highest BCUT2D eigenvalue weighted by Gasteiger charge is 2.43. The van der Waals surface area contributed by atoms with Gasteiger partial charge in [0.1, 0.15) is 0 Å². The summed E-state index contributed by atoms with van der Waals surface area (Å²) in [6, 6.07) is 6.05. The van der Waals surface area contributed by atoms with Gasteiger partial charge in [-0.05, 0) is 49.9 Å². The second kappa shape index (κ2) is 6.28. The Morgan fingerprint density at radius 1 is 1.23 bits per heavy atom. The molecule has 0 unspecified atom stereocenters. The van der Waals surface area contributed by atoms with Crippen molar-refractivity contribution in [2.75, 3.05) is 18.1 Å². The largest absolute Gasteiger partial charge is 0.370 e. The number of rotatable bonds is 4. The maximum atomic E-state index is 12.1. The van der Waals surface area contributed by atoms with Gasteiger partial charge in [-0.1, -0.05) is 18.9 Å². The Morgan fingerprint density at radius 2 is 1.77 bits per heavy atom. The molecule has 0 aromatic heterocycles. The molecule has 1 aromatic carbocycles. The first-order chi connectivity index (χ1) is 10.2. The summed E-state index contributed by atoms with van der Waals surface area (Å²) >= 11 is 0. The highest BCUT2D eigenvalue weighted by Crippen LogP contribution is 2.36. The predicted octanol–water partition coefficient (Wildman–Crippen LogP) is 2.39. The Balaban J connectivity index is 2.12. The molecule has 5 nitrogen and oxygen atoms in total. The van der Waals surface area contributed by atoms with Crippen LogP contribution in [0.15, 0.2) is 23.2 Å². The van der Waals surface area contributed by atoms with Gasteiger partial charge in [0.15, 0.2) is 15.8 Å². The third-order valence-corrected chi connectivity index (χ3v) is 6.44. The van der Waals surface area contributed by atoms with Gasteiger partial charge >= 0.3 is 0 Å². The molecule has 0 heterocycles. The van der Waals surface area contributed by atoms with E-state index in [1.54, 1.807) is 0 Å². The molecular weight excluding hydrogens is 298 g/mol. The maximum absolute atomic E-state index is 12.1. The highest BCUT2D eigenvalue weighted by molar-refractivity contribution is 7.92. The number of sulfone groups is 1. The molecule has 1 saturated carbocycles. The lowest BCUT2D eigenvalue weighted by Crippen LogP contribution is -2.39. The number of guanidine groups is 1. The van der Waals surface area contributed by atoms with E-state index in [-0.39, 0.29) is 12.5 Å². The Labute approximate surface area is 132 Å². The van der Waals surface area contributed by atoms with Crippen molar-refractivity contribution in [2.24, 2.45) is 10.7 Å². The van der Waals surface area contributed by atoms with Crippen molar-refractivity contribution in [2.45, 2.75) is 44.3 Å². The lowest BCUT2D eigenvalue weighted by Gasteiger charge is -2.24. The first-order valence-electron chi connectivity index (χ1n) is 7.57. The topological polar surface area (TPSA) is 84.5 Å². The van der Waals surface area contributed by atoms with E-state index in [0.29, 0.717) is 12.8 Å². The van der Waals surface area contributed by atoms with Crippen molar-refractivity contribution < 1.29 is 8.42 Å². The average molecular weight is 323 g/mol. The van der Waals surface area contributed by atoms with E-state index in [1.807, 2.05) is 26.0 Å². The third-order valence-electron chi connectivity index (χ3n) is 4.33. The SMILES string of the molecule is Cc1cc(C)cc(NC(N)=NCC2(S(C)(=O)=O)CCCC2)c1. The van der Waals surface area contributed by atoms with Crippen LogP contribution < -0.4 is 11.1 Å². The zero-order valence-electron chi connectivity index (χ0n) is 13.5. The maximum Gasteiger partial charge on any atom is 0.193 e. The van der Waals surface area contributed by atoms with E-state index in [1.165, 1.54) is 6.26 Å². The summed E-state index contributed by atoms with van der Waals surface area (Å²) < 4.78 is 23.4. The van der Waals surface area contributed by atoms with Gasteiger partial charge < -0.3 is 11.1 Å². The Morgan fingerprint density at radius 3 is 2.27 bits per heavy atom. The smallest absolute Gasteiger partial charge is 0.193 e. The number of nitrogens with two attached hydrogens (primary N) is 1. The first-order valence-corrected chi connectivity index (χ1v) is 9.46. The normalized spacial score (nSPS) is 18.4. The summed E-state index contributed by atoms with van der Waals surface area (Å²) in [7, 11) is -3.14. The van der Waals surface area contributed by atoms with E-state index in [4.69, 9.17) is 5.73 Å².